The van der Waals surface area contributed by atoms with E-state index < -0.39 is 16.7 Å². The van der Waals surface area contributed by atoms with Crippen molar-refractivity contribution in [1.29, 1.82) is 0 Å². The lowest BCUT2D eigenvalue weighted by Gasteiger charge is -2.26. The summed E-state index contributed by atoms with van der Waals surface area (Å²) in [7, 11) is 0. The zero-order valence-electron chi connectivity index (χ0n) is 18.9. The number of nitrogens with zero attached hydrogens (tertiary/aromatic N) is 1. The number of non-ortho nitro benzene ring substituents is 1. The van der Waals surface area contributed by atoms with E-state index >= 15 is 0 Å². The zero-order valence-corrected chi connectivity index (χ0v) is 18.9. The van der Waals surface area contributed by atoms with Crippen molar-refractivity contribution in [3.63, 3.8) is 0 Å². The van der Waals surface area contributed by atoms with E-state index in [9.17, 15) is 19.7 Å². The topological polar surface area (TPSA) is 153 Å². The second-order valence-electron chi connectivity index (χ2n) is 8.42. The molecule has 0 fully saturated rings. The van der Waals surface area contributed by atoms with Gasteiger partial charge in [-0.1, -0.05) is 18.2 Å². The Bertz CT molecular complexity index is 1530. The van der Waals surface area contributed by atoms with Crippen LogP contribution in [0.1, 0.15) is 31.8 Å². The Morgan fingerprint density at radius 3 is 2.11 bits per heavy atom. The maximum absolute atomic E-state index is 12.3. The number of benzene rings is 4. The molecular formula is C27H21N5O4. The Morgan fingerprint density at radius 1 is 0.833 bits per heavy atom. The van der Waals surface area contributed by atoms with Crippen LogP contribution in [0.3, 0.4) is 0 Å². The van der Waals surface area contributed by atoms with Crippen molar-refractivity contribution in [2.75, 3.05) is 10.6 Å². The molecule has 0 aliphatic carbocycles. The Kier molecular flexibility index (Phi) is 5.57. The third kappa shape index (κ3) is 4.21. The van der Waals surface area contributed by atoms with Crippen molar-refractivity contribution in [2.45, 2.75) is 6.42 Å². The molecule has 1 aliphatic heterocycles. The second-order valence-corrected chi connectivity index (χ2v) is 8.42. The van der Waals surface area contributed by atoms with Crippen LogP contribution in [-0.4, -0.2) is 16.7 Å². The highest BCUT2D eigenvalue weighted by Crippen LogP contribution is 2.41. The molecule has 178 valence electrons. The summed E-state index contributed by atoms with van der Waals surface area (Å²) >= 11 is 0. The van der Waals surface area contributed by atoms with Crippen molar-refractivity contribution < 1.29 is 14.5 Å². The first-order valence-electron chi connectivity index (χ1n) is 11.1. The Balaban J connectivity index is 1.49. The van der Waals surface area contributed by atoms with Crippen molar-refractivity contribution in [3.05, 3.63) is 111 Å². The summed E-state index contributed by atoms with van der Waals surface area (Å²) in [5.41, 5.74) is 18.5. The minimum Gasteiger partial charge on any atom is -0.366 e. The van der Waals surface area contributed by atoms with Crippen LogP contribution in [0.2, 0.25) is 0 Å². The van der Waals surface area contributed by atoms with Gasteiger partial charge in [0, 0.05) is 52.4 Å². The molecule has 0 saturated heterocycles. The fraction of sp³-hybridized carbons (Fsp3) is 0.0370. The highest BCUT2D eigenvalue weighted by atomic mass is 16.6. The lowest BCUT2D eigenvalue weighted by molar-refractivity contribution is -0.384. The van der Waals surface area contributed by atoms with Crippen LogP contribution in [0.15, 0.2) is 78.9 Å². The van der Waals surface area contributed by atoms with Crippen LogP contribution in [0.5, 0.6) is 0 Å². The number of nitrogens with two attached hydrogens (primary N) is 2. The largest absolute Gasteiger partial charge is 0.366 e. The summed E-state index contributed by atoms with van der Waals surface area (Å²) in [6.45, 7) is 0. The van der Waals surface area contributed by atoms with Crippen LogP contribution >= 0.6 is 0 Å². The molecule has 0 radical (unpaired) electrons. The molecule has 2 amide bonds. The lowest BCUT2D eigenvalue weighted by Crippen LogP contribution is -2.17. The monoisotopic (exact) mass is 479 g/mol. The number of nitrogens with one attached hydrogen (secondary N) is 2. The average molecular weight is 479 g/mol. The summed E-state index contributed by atoms with van der Waals surface area (Å²) in [5, 5.41) is 17.4. The molecule has 6 N–H and O–H groups in total. The number of fused-ring (bicyclic) bond motifs is 2. The molecule has 0 atom stereocenters. The van der Waals surface area contributed by atoms with Gasteiger partial charge in [0.15, 0.2) is 0 Å². The maximum atomic E-state index is 12.3. The van der Waals surface area contributed by atoms with Crippen LogP contribution in [-0.2, 0) is 6.42 Å². The highest BCUT2D eigenvalue weighted by molar-refractivity contribution is 6.03. The molecule has 9 nitrogen and oxygen atoms in total. The summed E-state index contributed by atoms with van der Waals surface area (Å²) in [6, 6.07) is 22.4. The molecule has 4 aromatic carbocycles. The predicted molar refractivity (Wildman–Crippen MR) is 138 cm³/mol. The molecular weight excluding hydrogens is 458 g/mol. The van der Waals surface area contributed by atoms with Gasteiger partial charge in [0.1, 0.15) is 0 Å². The van der Waals surface area contributed by atoms with E-state index in [1.54, 1.807) is 30.3 Å². The zero-order chi connectivity index (χ0) is 25.4. The normalized spacial score (nSPS) is 11.6. The molecule has 0 spiro atoms. The van der Waals surface area contributed by atoms with Gasteiger partial charge >= 0.3 is 0 Å². The van der Waals surface area contributed by atoms with Crippen LogP contribution in [0.25, 0.3) is 11.1 Å². The molecule has 9 heteroatoms. The van der Waals surface area contributed by atoms with Gasteiger partial charge in [-0.3, -0.25) is 19.7 Å². The van der Waals surface area contributed by atoms with E-state index in [0.29, 0.717) is 23.2 Å². The summed E-state index contributed by atoms with van der Waals surface area (Å²) in [6.07, 6.45) is 0.538. The van der Waals surface area contributed by atoms with Gasteiger partial charge in [-0.25, -0.2) is 0 Å². The number of carbonyl (C=O) groups excluding carboxylic acids is 2. The van der Waals surface area contributed by atoms with Gasteiger partial charge in [0.2, 0.25) is 11.8 Å². The third-order valence-electron chi connectivity index (χ3n) is 6.15. The van der Waals surface area contributed by atoms with Crippen LogP contribution in [0.4, 0.5) is 28.4 Å². The van der Waals surface area contributed by atoms with Gasteiger partial charge in [0.25, 0.3) is 5.69 Å². The Morgan fingerprint density at radius 2 is 1.50 bits per heavy atom. The van der Waals surface area contributed by atoms with E-state index in [1.807, 2.05) is 36.4 Å². The number of nitro groups is 1. The molecule has 0 bridgehead atoms. The van der Waals surface area contributed by atoms with E-state index in [0.717, 1.165) is 39.3 Å². The van der Waals surface area contributed by atoms with Crippen molar-refractivity contribution in [2.24, 2.45) is 11.5 Å². The van der Waals surface area contributed by atoms with Gasteiger partial charge < -0.3 is 22.1 Å². The number of hydrogen-bond acceptors (Lipinski definition) is 6. The van der Waals surface area contributed by atoms with E-state index in [2.05, 4.69) is 10.6 Å². The Hall–Kier alpha value is -5.18. The first kappa shape index (κ1) is 22.6. The summed E-state index contributed by atoms with van der Waals surface area (Å²) in [4.78, 5) is 34.3. The van der Waals surface area contributed by atoms with E-state index in [-0.39, 0.29) is 5.69 Å². The first-order valence-corrected chi connectivity index (χ1v) is 11.1. The second kappa shape index (κ2) is 8.88. The standard InChI is InChI=1S/C27H21N5O4/c28-26(33)17-2-1-16-13-22-23(31-24(16)14-17)12-11-21(27(29)34)25(22)15-3-5-18(6-4-15)30-19-7-9-20(10-8-19)32(35)36/h1-12,14,30-31H,13H2,(H2,28,33)(H2,29,34). The van der Waals surface area contributed by atoms with Gasteiger partial charge in [-0.05, 0) is 70.8 Å². The minimum absolute atomic E-state index is 0.0183. The number of nitro benzene ring substituents is 1. The van der Waals surface area contributed by atoms with Crippen LogP contribution < -0.4 is 22.1 Å². The van der Waals surface area contributed by atoms with Crippen LogP contribution in [0, 0.1) is 10.1 Å². The van der Waals surface area contributed by atoms with E-state index in [1.165, 1.54) is 12.1 Å². The smallest absolute Gasteiger partial charge is 0.269 e. The number of rotatable bonds is 6. The summed E-state index contributed by atoms with van der Waals surface area (Å²) < 4.78 is 0. The number of anilines is 4. The molecule has 0 aromatic heterocycles. The maximum Gasteiger partial charge on any atom is 0.269 e. The number of amides is 2. The molecule has 5 rings (SSSR count). The van der Waals surface area contributed by atoms with E-state index in [4.69, 9.17) is 11.5 Å². The fourth-order valence-electron chi connectivity index (χ4n) is 4.37. The van der Waals surface area contributed by atoms with Crippen molar-refractivity contribution >= 4 is 40.3 Å². The number of carbonyl (C=O) groups is 2. The molecule has 1 aliphatic rings. The van der Waals surface area contributed by atoms with Gasteiger partial charge in [-0.2, -0.15) is 0 Å². The SMILES string of the molecule is NC(=O)c1ccc2c(c1)Nc1ccc(C(N)=O)c(-c3ccc(Nc4ccc([N+](=O)[O-])cc4)cc3)c1C2. The van der Waals surface area contributed by atoms with Crippen molar-refractivity contribution in [3.8, 4) is 11.1 Å². The first-order chi connectivity index (χ1) is 17.3. The molecule has 4 aromatic rings. The number of primary amides is 2. The Labute approximate surface area is 205 Å². The average Bonchev–Trinajstić information content (AvgIpc) is 2.87. The van der Waals surface area contributed by atoms with Gasteiger partial charge in [0.05, 0.1) is 4.92 Å². The predicted octanol–water partition coefficient (Wildman–Crippen LogP) is 4.85. The molecule has 0 saturated carbocycles. The summed E-state index contributed by atoms with van der Waals surface area (Å²) in [5.74, 6) is -1.03. The number of hydrogen-bond donors (Lipinski definition) is 4. The third-order valence-corrected chi connectivity index (χ3v) is 6.15. The minimum atomic E-state index is -0.532. The molecule has 1 heterocycles. The van der Waals surface area contributed by atoms with Crippen molar-refractivity contribution in [1.82, 2.24) is 0 Å². The lowest BCUT2D eigenvalue weighted by atomic mass is 9.86. The fourth-order valence-corrected chi connectivity index (χ4v) is 4.37. The molecule has 36 heavy (non-hydrogen) atoms. The van der Waals surface area contributed by atoms with Gasteiger partial charge in [-0.15, -0.1) is 0 Å². The highest BCUT2D eigenvalue weighted by Gasteiger charge is 2.23. The quantitative estimate of drug-likeness (QED) is 0.202. The molecule has 0 unspecified atom stereocenters.